The number of benzene rings is 2. The summed E-state index contributed by atoms with van der Waals surface area (Å²) >= 11 is 0. The Balaban J connectivity index is 2.27. The first kappa shape index (κ1) is 15.3. The largest absolute Gasteiger partial charge is 0.497 e. The topological polar surface area (TPSA) is 29.5 Å². The predicted octanol–water partition coefficient (Wildman–Crippen LogP) is 3.18. The number of methoxy groups -OCH3 is 1. The zero-order valence-electron chi connectivity index (χ0n) is 12.8. The Labute approximate surface area is 126 Å². The smallest absolute Gasteiger partial charge is 0.167 e. The number of ketones is 1. The highest BCUT2D eigenvalue weighted by molar-refractivity contribution is 5.99. The maximum Gasteiger partial charge on any atom is 0.167 e. The minimum atomic E-state index is 0.140. The van der Waals surface area contributed by atoms with Crippen LogP contribution in [0.5, 0.6) is 5.75 Å². The summed E-state index contributed by atoms with van der Waals surface area (Å²) < 4.78 is 5.26. The van der Waals surface area contributed by atoms with Crippen molar-refractivity contribution in [2.75, 3.05) is 21.2 Å². The van der Waals surface area contributed by atoms with Gasteiger partial charge in [0.05, 0.1) is 7.11 Å². The van der Waals surface area contributed by atoms with Crippen LogP contribution in [0.2, 0.25) is 0 Å². The first-order valence-corrected chi connectivity index (χ1v) is 6.99. The van der Waals surface area contributed by atoms with Gasteiger partial charge in [0.1, 0.15) is 5.75 Å². The van der Waals surface area contributed by atoms with Crippen LogP contribution in [0.3, 0.4) is 0 Å². The molecule has 0 aliphatic carbocycles. The average molecular weight is 283 g/mol. The molecule has 3 heteroatoms. The van der Waals surface area contributed by atoms with E-state index in [1.54, 1.807) is 7.11 Å². The Morgan fingerprint density at radius 2 is 1.81 bits per heavy atom. The van der Waals surface area contributed by atoms with Gasteiger partial charge in [0.15, 0.2) is 5.78 Å². The van der Waals surface area contributed by atoms with Crippen molar-refractivity contribution in [1.29, 1.82) is 0 Å². The number of nitrogens with zero attached hydrogens (tertiary/aromatic N) is 1. The summed E-state index contributed by atoms with van der Waals surface area (Å²) in [4.78, 5) is 14.6. The molecule has 0 amide bonds. The summed E-state index contributed by atoms with van der Waals surface area (Å²) in [6.45, 7) is 0.715. The SMILES string of the molecule is COc1ccc(C(=O)Cc2ccccc2)c(CN(C)C)c1. The highest BCUT2D eigenvalue weighted by atomic mass is 16.5. The van der Waals surface area contributed by atoms with E-state index in [2.05, 4.69) is 0 Å². The molecule has 2 aromatic carbocycles. The number of carbonyl (C=O) groups excluding carboxylic acids is 1. The molecule has 0 spiro atoms. The molecule has 110 valence electrons. The molecular weight excluding hydrogens is 262 g/mol. The van der Waals surface area contributed by atoms with Crippen LogP contribution in [0.1, 0.15) is 21.5 Å². The van der Waals surface area contributed by atoms with Gasteiger partial charge in [-0.2, -0.15) is 0 Å². The first-order chi connectivity index (χ1) is 10.1. The summed E-state index contributed by atoms with van der Waals surface area (Å²) in [5.41, 5.74) is 2.81. The van der Waals surface area contributed by atoms with E-state index in [4.69, 9.17) is 4.74 Å². The lowest BCUT2D eigenvalue weighted by Crippen LogP contribution is -2.15. The molecule has 0 saturated carbocycles. The van der Waals surface area contributed by atoms with Crippen LogP contribution in [-0.2, 0) is 13.0 Å². The van der Waals surface area contributed by atoms with E-state index in [1.807, 2.05) is 67.5 Å². The third kappa shape index (κ3) is 4.17. The molecule has 0 N–H and O–H groups in total. The molecular formula is C18H21NO2. The minimum absolute atomic E-state index is 0.140. The summed E-state index contributed by atoms with van der Waals surface area (Å²) in [5, 5.41) is 0. The molecule has 2 rings (SSSR count). The lowest BCUT2D eigenvalue weighted by Gasteiger charge is -2.15. The third-order valence-electron chi connectivity index (χ3n) is 3.31. The fourth-order valence-corrected chi connectivity index (χ4v) is 2.32. The van der Waals surface area contributed by atoms with Crippen molar-refractivity contribution in [2.45, 2.75) is 13.0 Å². The quantitative estimate of drug-likeness (QED) is 0.763. The Morgan fingerprint density at radius 1 is 1.10 bits per heavy atom. The van der Waals surface area contributed by atoms with Crippen molar-refractivity contribution in [3.8, 4) is 5.75 Å². The monoisotopic (exact) mass is 283 g/mol. The molecule has 0 aliphatic heterocycles. The van der Waals surface area contributed by atoms with E-state index in [-0.39, 0.29) is 5.78 Å². The second-order valence-electron chi connectivity index (χ2n) is 5.35. The molecule has 0 aliphatic rings. The van der Waals surface area contributed by atoms with Gasteiger partial charge < -0.3 is 9.64 Å². The van der Waals surface area contributed by atoms with Crippen molar-refractivity contribution < 1.29 is 9.53 Å². The van der Waals surface area contributed by atoms with Gasteiger partial charge in [-0.15, -0.1) is 0 Å². The zero-order chi connectivity index (χ0) is 15.2. The molecule has 0 fully saturated rings. The molecule has 0 saturated heterocycles. The van der Waals surface area contributed by atoms with Crippen molar-refractivity contribution in [3.63, 3.8) is 0 Å². The van der Waals surface area contributed by atoms with Crippen molar-refractivity contribution >= 4 is 5.78 Å². The van der Waals surface area contributed by atoms with Gasteiger partial charge in [0.2, 0.25) is 0 Å². The Morgan fingerprint density at radius 3 is 2.43 bits per heavy atom. The van der Waals surface area contributed by atoms with Crippen LogP contribution < -0.4 is 4.74 Å². The van der Waals surface area contributed by atoms with Crippen LogP contribution >= 0.6 is 0 Å². The standard InChI is InChI=1S/C18H21NO2/c1-19(2)13-15-12-16(21-3)9-10-17(15)18(20)11-14-7-5-4-6-8-14/h4-10,12H,11,13H2,1-3H3. The number of ether oxygens (including phenoxy) is 1. The second kappa shape index (κ2) is 7.04. The van der Waals surface area contributed by atoms with Crippen LogP contribution in [0.25, 0.3) is 0 Å². The fraction of sp³-hybridized carbons (Fsp3) is 0.278. The lowest BCUT2D eigenvalue weighted by molar-refractivity contribution is 0.0991. The van der Waals surface area contributed by atoms with E-state index in [0.29, 0.717) is 13.0 Å². The Bertz CT molecular complexity index is 606. The maximum atomic E-state index is 12.6. The maximum absolute atomic E-state index is 12.6. The highest BCUT2D eigenvalue weighted by Crippen LogP contribution is 2.20. The molecule has 0 unspecified atom stereocenters. The molecule has 0 bridgehead atoms. The molecule has 3 nitrogen and oxygen atoms in total. The average Bonchev–Trinajstić information content (AvgIpc) is 2.47. The summed E-state index contributed by atoms with van der Waals surface area (Å²) in [7, 11) is 5.62. The Kier molecular flexibility index (Phi) is 5.12. The molecule has 0 heterocycles. The van der Waals surface area contributed by atoms with E-state index >= 15 is 0 Å². The second-order valence-corrected chi connectivity index (χ2v) is 5.35. The fourth-order valence-electron chi connectivity index (χ4n) is 2.32. The minimum Gasteiger partial charge on any atom is -0.497 e. The summed E-state index contributed by atoms with van der Waals surface area (Å²) in [5.74, 6) is 0.920. The number of hydrogen-bond donors (Lipinski definition) is 0. The van der Waals surface area contributed by atoms with Crippen LogP contribution in [-0.4, -0.2) is 31.9 Å². The normalized spacial score (nSPS) is 10.7. The summed E-state index contributed by atoms with van der Waals surface area (Å²) in [6.07, 6.45) is 0.424. The zero-order valence-corrected chi connectivity index (χ0v) is 12.8. The van der Waals surface area contributed by atoms with Crippen LogP contribution in [0.15, 0.2) is 48.5 Å². The van der Waals surface area contributed by atoms with Gasteiger partial charge in [-0.05, 0) is 43.4 Å². The Hall–Kier alpha value is -2.13. The number of Topliss-reactive ketones (excluding diaryl/α,β-unsaturated/α-hetero) is 1. The molecule has 0 aromatic heterocycles. The molecule has 0 atom stereocenters. The van der Waals surface area contributed by atoms with Crippen molar-refractivity contribution in [1.82, 2.24) is 4.90 Å². The lowest BCUT2D eigenvalue weighted by atomic mass is 9.98. The van der Waals surface area contributed by atoms with Gasteiger partial charge in [-0.3, -0.25) is 4.79 Å². The molecule has 2 aromatic rings. The molecule has 0 radical (unpaired) electrons. The van der Waals surface area contributed by atoms with Gasteiger partial charge in [-0.1, -0.05) is 30.3 Å². The van der Waals surface area contributed by atoms with Gasteiger partial charge in [0, 0.05) is 18.5 Å². The van der Waals surface area contributed by atoms with Crippen molar-refractivity contribution in [3.05, 3.63) is 65.2 Å². The van der Waals surface area contributed by atoms with Gasteiger partial charge in [0.25, 0.3) is 0 Å². The van der Waals surface area contributed by atoms with E-state index in [1.165, 1.54) is 0 Å². The molecule has 21 heavy (non-hydrogen) atoms. The highest BCUT2D eigenvalue weighted by Gasteiger charge is 2.13. The van der Waals surface area contributed by atoms with Crippen LogP contribution in [0.4, 0.5) is 0 Å². The third-order valence-corrected chi connectivity index (χ3v) is 3.31. The predicted molar refractivity (Wildman–Crippen MR) is 84.9 cm³/mol. The summed E-state index contributed by atoms with van der Waals surface area (Å²) in [6, 6.07) is 15.5. The number of carbonyl (C=O) groups is 1. The van der Waals surface area contributed by atoms with Crippen LogP contribution in [0, 0.1) is 0 Å². The van der Waals surface area contributed by atoms with Gasteiger partial charge in [-0.25, -0.2) is 0 Å². The van der Waals surface area contributed by atoms with E-state index < -0.39 is 0 Å². The van der Waals surface area contributed by atoms with Gasteiger partial charge >= 0.3 is 0 Å². The van der Waals surface area contributed by atoms with E-state index in [9.17, 15) is 4.79 Å². The van der Waals surface area contributed by atoms with Crippen molar-refractivity contribution in [2.24, 2.45) is 0 Å². The van der Waals surface area contributed by atoms with E-state index in [0.717, 1.165) is 22.4 Å². The number of hydrogen-bond acceptors (Lipinski definition) is 3. The first-order valence-electron chi connectivity index (χ1n) is 6.99. The number of rotatable bonds is 6.